The third-order valence-corrected chi connectivity index (χ3v) is 4.66. The molecule has 0 bridgehead atoms. The van der Waals surface area contributed by atoms with Crippen molar-refractivity contribution in [2.45, 2.75) is 13.8 Å². The highest BCUT2D eigenvalue weighted by Crippen LogP contribution is 2.26. The van der Waals surface area contributed by atoms with Gasteiger partial charge in [-0.1, -0.05) is 18.2 Å². The molecule has 2 heterocycles. The minimum atomic E-state index is -0.164. The second-order valence-corrected chi connectivity index (χ2v) is 6.15. The molecule has 0 fully saturated rings. The van der Waals surface area contributed by atoms with Crippen LogP contribution in [0.3, 0.4) is 0 Å². The number of nitriles is 1. The summed E-state index contributed by atoms with van der Waals surface area (Å²) in [5, 5.41) is 14.8. The first-order valence-corrected chi connectivity index (χ1v) is 8.27. The predicted molar refractivity (Wildman–Crippen MR) is 101 cm³/mol. The molecule has 4 aromatic rings. The average molecular weight is 340 g/mol. The minimum absolute atomic E-state index is 0.164. The van der Waals surface area contributed by atoms with Gasteiger partial charge in [-0.05, 0) is 50.2 Å². The van der Waals surface area contributed by atoms with Crippen LogP contribution in [0.2, 0.25) is 0 Å². The average Bonchev–Trinajstić information content (AvgIpc) is 2.94. The van der Waals surface area contributed by atoms with E-state index in [1.807, 2.05) is 44.2 Å². The zero-order valence-corrected chi connectivity index (χ0v) is 14.5. The van der Waals surface area contributed by atoms with Crippen LogP contribution in [0.15, 0.2) is 65.6 Å². The number of benzene rings is 2. The van der Waals surface area contributed by atoms with E-state index in [2.05, 4.69) is 15.7 Å². The minimum Gasteiger partial charge on any atom is -0.317 e. The molecule has 0 N–H and O–H groups in total. The summed E-state index contributed by atoms with van der Waals surface area (Å²) in [6.07, 6.45) is 1.73. The van der Waals surface area contributed by atoms with E-state index in [0.717, 1.165) is 22.5 Å². The second kappa shape index (κ2) is 6.01. The summed E-state index contributed by atoms with van der Waals surface area (Å²) >= 11 is 0. The lowest BCUT2D eigenvalue weighted by atomic mass is 10.2. The molecule has 0 atom stereocenters. The number of para-hydroxylation sites is 1. The first-order valence-electron chi connectivity index (χ1n) is 8.27. The van der Waals surface area contributed by atoms with Gasteiger partial charge in [0.1, 0.15) is 0 Å². The van der Waals surface area contributed by atoms with E-state index >= 15 is 0 Å². The van der Waals surface area contributed by atoms with E-state index < -0.39 is 0 Å². The van der Waals surface area contributed by atoms with Crippen molar-refractivity contribution < 1.29 is 0 Å². The SMILES string of the molecule is Cc1c2cnn(-c3ccc(C#N)cc3)c(=O)c2c(C)n1-c1ccccc1. The maximum Gasteiger partial charge on any atom is 0.281 e. The normalized spacial score (nSPS) is 10.8. The molecule has 0 aliphatic carbocycles. The van der Waals surface area contributed by atoms with Crippen LogP contribution in [0, 0.1) is 25.2 Å². The van der Waals surface area contributed by atoms with E-state index in [9.17, 15) is 4.79 Å². The fourth-order valence-corrected chi connectivity index (χ4v) is 3.39. The number of aryl methyl sites for hydroxylation is 2. The first-order chi connectivity index (χ1) is 12.6. The van der Waals surface area contributed by atoms with Gasteiger partial charge in [-0.15, -0.1) is 0 Å². The van der Waals surface area contributed by atoms with Crippen molar-refractivity contribution in [2.75, 3.05) is 0 Å². The first kappa shape index (κ1) is 15.9. The van der Waals surface area contributed by atoms with E-state index in [1.54, 1.807) is 30.5 Å². The van der Waals surface area contributed by atoms with Crippen LogP contribution in [-0.2, 0) is 0 Å². The molecule has 5 nitrogen and oxygen atoms in total. The zero-order valence-electron chi connectivity index (χ0n) is 14.5. The van der Waals surface area contributed by atoms with Gasteiger partial charge in [-0.25, -0.2) is 0 Å². The Morgan fingerprint density at radius 2 is 1.62 bits per heavy atom. The smallest absolute Gasteiger partial charge is 0.281 e. The molecule has 0 amide bonds. The molecule has 126 valence electrons. The van der Waals surface area contributed by atoms with Crippen LogP contribution in [0.1, 0.15) is 17.0 Å². The van der Waals surface area contributed by atoms with Gasteiger partial charge >= 0.3 is 0 Å². The quantitative estimate of drug-likeness (QED) is 0.559. The van der Waals surface area contributed by atoms with Crippen LogP contribution in [0.25, 0.3) is 22.1 Å². The lowest BCUT2D eigenvalue weighted by Gasteiger charge is -2.08. The Hall–Kier alpha value is -3.65. The van der Waals surface area contributed by atoms with E-state index in [1.165, 1.54) is 4.68 Å². The topological polar surface area (TPSA) is 63.6 Å². The molecule has 0 aliphatic rings. The van der Waals surface area contributed by atoms with Crippen LogP contribution < -0.4 is 5.56 Å². The number of rotatable bonds is 2. The van der Waals surface area contributed by atoms with Gasteiger partial charge in [0.2, 0.25) is 0 Å². The summed E-state index contributed by atoms with van der Waals surface area (Å²) in [5.74, 6) is 0. The molecule has 0 radical (unpaired) electrons. The monoisotopic (exact) mass is 340 g/mol. The number of hydrogen-bond acceptors (Lipinski definition) is 3. The molecule has 2 aromatic heterocycles. The summed E-state index contributed by atoms with van der Waals surface area (Å²) < 4.78 is 3.46. The van der Waals surface area contributed by atoms with Crippen molar-refractivity contribution in [3.8, 4) is 17.4 Å². The van der Waals surface area contributed by atoms with Gasteiger partial charge in [0.25, 0.3) is 5.56 Å². The maximum absolute atomic E-state index is 13.1. The molecule has 0 saturated carbocycles. The third kappa shape index (κ3) is 2.32. The molecule has 2 aromatic carbocycles. The maximum atomic E-state index is 13.1. The van der Waals surface area contributed by atoms with Crippen molar-refractivity contribution in [1.82, 2.24) is 14.3 Å². The molecule has 26 heavy (non-hydrogen) atoms. The molecule has 0 spiro atoms. The Bertz CT molecular complexity index is 1210. The fourth-order valence-electron chi connectivity index (χ4n) is 3.39. The molecule has 0 aliphatic heterocycles. The van der Waals surface area contributed by atoms with Gasteiger partial charge < -0.3 is 4.57 Å². The van der Waals surface area contributed by atoms with Crippen molar-refractivity contribution in [1.29, 1.82) is 5.26 Å². The molecule has 0 unspecified atom stereocenters. The molecule has 5 heteroatoms. The Kier molecular flexibility index (Phi) is 3.67. The second-order valence-electron chi connectivity index (χ2n) is 6.15. The highest BCUT2D eigenvalue weighted by Gasteiger charge is 2.17. The summed E-state index contributed by atoms with van der Waals surface area (Å²) in [5.41, 5.74) is 3.91. The van der Waals surface area contributed by atoms with E-state index in [0.29, 0.717) is 16.6 Å². The summed E-state index contributed by atoms with van der Waals surface area (Å²) in [6, 6.07) is 18.9. The van der Waals surface area contributed by atoms with Gasteiger partial charge in [0.05, 0.1) is 28.9 Å². The predicted octanol–water partition coefficient (Wildman–Crippen LogP) is 3.66. The Labute approximate surface area is 150 Å². The molecule has 4 rings (SSSR count). The fraction of sp³-hybridized carbons (Fsp3) is 0.0952. The van der Waals surface area contributed by atoms with E-state index in [-0.39, 0.29) is 5.56 Å². The highest BCUT2D eigenvalue weighted by atomic mass is 16.1. The molecular formula is C21H16N4O. The molecule has 0 saturated heterocycles. The number of aromatic nitrogens is 3. The van der Waals surface area contributed by atoms with Gasteiger partial charge in [0, 0.05) is 22.5 Å². The standard InChI is InChI=1S/C21H16N4O/c1-14-19-13-23-25(18-10-8-16(12-22)9-11-18)21(26)20(19)15(2)24(14)17-6-4-3-5-7-17/h3-11,13H,1-2H3. The lowest BCUT2D eigenvalue weighted by Crippen LogP contribution is -2.21. The van der Waals surface area contributed by atoms with Crippen molar-refractivity contribution in [3.05, 3.63) is 88.1 Å². The Morgan fingerprint density at radius 3 is 2.27 bits per heavy atom. The van der Waals surface area contributed by atoms with Gasteiger partial charge in [0.15, 0.2) is 0 Å². The Morgan fingerprint density at radius 1 is 0.923 bits per heavy atom. The largest absolute Gasteiger partial charge is 0.317 e. The zero-order chi connectivity index (χ0) is 18.3. The number of hydrogen-bond donors (Lipinski definition) is 0. The number of nitrogens with zero attached hydrogens (tertiary/aromatic N) is 4. The van der Waals surface area contributed by atoms with Crippen molar-refractivity contribution in [3.63, 3.8) is 0 Å². The highest BCUT2D eigenvalue weighted by molar-refractivity contribution is 5.88. The third-order valence-electron chi connectivity index (χ3n) is 4.66. The van der Waals surface area contributed by atoms with Crippen LogP contribution in [0.4, 0.5) is 0 Å². The van der Waals surface area contributed by atoms with E-state index in [4.69, 9.17) is 5.26 Å². The lowest BCUT2D eigenvalue weighted by molar-refractivity contribution is 0.821. The molecular weight excluding hydrogens is 324 g/mol. The summed E-state index contributed by atoms with van der Waals surface area (Å²) in [6.45, 7) is 3.95. The summed E-state index contributed by atoms with van der Waals surface area (Å²) in [4.78, 5) is 13.1. The van der Waals surface area contributed by atoms with Crippen molar-refractivity contribution in [2.24, 2.45) is 0 Å². The number of fused-ring (bicyclic) bond motifs is 1. The van der Waals surface area contributed by atoms with Crippen LogP contribution in [-0.4, -0.2) is 14.3 Å². The van der Waals surface area contributed by atoms with Crippen LogP contribution >= 0.6 is 0 Å². The Balaban J connectivity index is 1.98. The summed E-state index contributed by atoms with van der Waals surface area (Å²) in [7, 11) is 0. The van der Waals surface area contributed by atoms with Gasteiger partial charge in [-0.2, -0.15) is 15.0 Å². The van der Waals surface area contributed by atoms with Crippen molar-refractivity contribution >= 4 is 10.8 Å². The van der Waals surface area contributed by atoms with Gasteiger partial charge in [-0.3, -0.25) is 4.79 Å². The van der Waals surface area contributed by atoms with Crippen LogP contribution in [0.5, 0.6) is 0 Å².